The van der Waals surface area contributed by atoms with E-state index < -0.39 is 0 Å². The molecular formula is C30H36N3+. The van der Waals surface area contributed by atoms with Gasteiger partial charge in [-0.1, -0.05) is 59.7 Å². The van der Waals surface area contributed by atoms with Crippen molar-refractivity contribution in [3.63, 3.8) is 0 Å². The van der Waals surface area contributed by atoms with Crippen LogP contribution in [0.4, 0.5) is 0 Å². The smallest absolute Gasteiger partial charge is 0.255 e. The molecule has 0 fully saturated rings. The van der Waals surface area contributed by atoms with Crippen LogP contribution >= 0.6 is 0 Å². The highest BCUT2D eigenvalue weighted by atomic mass is 15.1. The highest BCUT2D eigenvalue weighted by Crippen LogP contribution is 2.37. The second kappa shape index (κ2) is 7.28. The van der Waals surface area contributed by atoms with Crippen LogP contribution in [0.3, 0.4) is 0 Å². The molecule has 0 atom stereocenters. The molecule has 0 spiro atoms. The van der Waals surface area contributed by atoms with Gasteiger partial charge in [-0.2, -0.15) is 4.40 Å². The van der Waals surface area contributed by atoms with E-state index in [1.54, 1.807) is 0 Å². The molecule has 33 heavy (non-hydrogen) atoms. The van der Waals surface area contributed by atoms with Crippen LogP contribution in [0.2, 0.25) is 0 Å². The zero-order valence-electron chi connectivity index (χ0n) is 21.4. The number of fused-ring (bicyclic) bond motifs is 8. The second-order valence-electron chi connectivity index (χ2n) is 12.2. The van der Waals surface area contributed by atoms with Crippen molar-refractivity contribution in [2.75, 3.05) is 0 Å². The van der Waals surface area contributed by atoms with Gasteiger partial charge in [0.05, 0.1) is 18.0 Å². The average Bonchev–Trinajstić information content (AvgIpc) is 2.98. The third-order valence-corrected chi connectivity index (χ3v) is 6.58. The summed E-state index contributed by atoms with van der Waals surface area (Å²) in [6.45, 7) is 16.2. The molecule has 0 radical (unpaired) electrons. The zero-order valence-corrected chi connectivity index (χ0v) is 21.4. The van der Waals surface area contributed by atoms with E-state index >= 15 is 0 Å². The summed E-state index contributed by atoms with van der Waals surface area (Å²) in [5.74, 6) is 0. The first-order valence-electron chi connectivity index (χ1n) is 12.1. The van der Waals surface area contributed by atoms with Crippen LogP contribution in [-0.2, 0) is 19.9 Å². The quantitative estimate of drug-likeness (QED) is 0.213. The van der Waals surface area contributed by atoms with Crippen molar-refractivity contribution < 1.29 is 4.57 Å². The number of benzene rings is 2. The molecule has 0 aliphatic heterocycles. The molecule has 3 aromatic heterocycles. The second-order valence-corrected chi connectivity index (χ2v) is 12.2. The minimum atomic E-state index is 0.180. The molecule has 0 unspecified atom stereocenters. The molecule has 3 nitrogen and oxygen atoms in total. The summed E-state index contributed by atoms with van der Waals surface area (Å²) in [4.78, 5) is 4.98. The highest BCUT2D eigenvalue weighted by Gasteiger charge is 2.28. The predicted molar refractivity (Wildman–Crippen MR) is 140 cm³/mol. The lowest BCUT2D eigenvalue weighted by Crippen LogP contribution is -2.27. The van der Waals surface area contributed by atoms with Crippen molar-refractivity contribution in [3.8, 4) is 0 Å². The lowest BCUT2D eigenvalue weighted by molar-refractivity contribution is -0.617. The molecule has 0 aliphatic carbocycles. The van der Waals surface area contributed by atoms with E-state index in [2.05, 4.69) is 107 Å². The van der Waals surface area contributed by atoms with Crippen LogP contribution in [0, 0.1) is 17.8 Å². The fraction of sp³-hybridized carbons (Fsp3) is 0.400. The van der Waals surface area contributed by atoms with Gasteiger partial charge in [0, 0.05) is 17.1 Å². The largest absolute Gasteiger partial charge is 0.297 e. The lowest BCUT2D eigenvalue weighted by atomic mass is 9.83. The Morgan fingerprint density at radius 1 is 0.909 bits per heavy atom. The third-order valence-electron chi connectivity index (χ3n) is 6.58. The van der Waals surface area contributed by atoms with Crippen LogP contribution < -0.4 is 4.57 Å². The number of hydrogen-bond acceptors (Lipinski definition) is 1. The molecular weight excluding hydrogens is 402 g/mol. The normalized spacial score (nSPS) is 13.1. The fourth-order valence-electron chi connectivity index (χ4n) is 5.49. The molecule has 0 saturated heterocycles. The number of hydrogen-bond donors (Lipinski definition) is 0. The molecule has 3 heterocycles. The van der Waals surface area contributed by atoms with E-state index in [0.717, 1.165) is 18.4 Å². The minimum absolute atomic E-state index is 0.180. The minimum Gasteiger partial charge on any atom is -0.255 e. The number of aryl methyl sites for hydroxylation is 2. The van der Waals surface area contributed by atoms with Gasteiger partial charge in [0.25, 0.3) is 5.65 Å². The van der Waals surface area contributed by atoms with Crippen molar-refractivity contribution in [2.45, 2.75) is 61.3 Å². The van der Waals surface area contributed by atoms with E-state index in [1.807, 2.05) is 6.20 Å². The molecule has 0 bridgehead atoms. The van der Waals surface area contributed by atoms with E-state index in [9.17, 15) is 0 Å². The lowest BCUT2D eigenvalue weighted by Gasteiger charge is -2.22. The Morgan fingerprint density at radius 3 is 2.30 bits per heavy atom. The standard InChI is InChI=1S/C30H36N3/c1-19-13-14-31-26-22-16-20(17-29(2,3)4)15-21(18-30(5,6)7)27(22)33-24-12-10-9-11-23(24)32(8)28(33)25(19)26/h9-16H,17-18H2,1-8H3/q+1. The monoisotopic (exact) mass is 438 g/mol. The van der Waals surface area contributed by atoms with Gasteiger partial charge >= 0.3 is 0 Å². The summed E-state index contributed by atoms with van der Waals surface area (Å²) in [7, 11) is 2.19. The number of imidazole rings is 1. The van der Waals surface area contributed by atoms with Gasteiger partial charge in [0.15, 0.2) is 11.0 Å². The van der Waals surface area contributed by atoms with Crippen LogP contribution in [0.5, 0.6) is 0 Å². The van der Waals surface area contributed by atoms with Crippen LogP contribution in [-0.4, -0.2) is 9.38 Å². The van der Waals surface area contributed by atoms with Gasteiger partial charge in [0.1, 0.15) is 5.52 Å². The van der Waals surface area contributed by atoms with Crippen molar-refractivity contribution in [1.29, 1.82) is 0 Å². The van der Waals surface area contributed by atoms with Gasteiger partial charge < -0.3 is 0 Å². The molecule has 0 aliphatic rings. The Morgan fingerprint density at radius 2 is 1.61 bits per heavy atom. The van der Waals surface area contributed by atoms with Crippen LogP contribution in [0.1, 0.15) is 58.2 Å². The first kappa shape index (κ1) is 21.9. The maximum absolute atomic E-state index is 4.98. The number of rotatable bonds is 2. The average molecular weight is 439 g/mol. The maximum Gasteiger partial charge on any atom is 0.297 e. The molecule has 170 valence electrons. The molecule has 3 heteroatoms. The van der Waals surface area contributed by atoms with Gasteiger partial charge in [-0.05, 0) is 66.0 Å². The van der Waals surface area contributed by atoms with Gasteiger partial charge in [-0.15, -0.1) is 0 Å². The Labute approximate surface area is 197 Å². The van der Waals surface area contributed by atoms with Crippen LogP contribution in [0.15, 0.2) is 48.7 Å². The summed E-state index contributed by atoms with van der Waals surface area (Å²) in [6.07, 6.45) is 4.03. The fourth-order valence-corrected chi connectivity index (χ4v) is 5.49. The molecule has 0 amide bonds. The maximum atomic E-state index is 4.98. The van der Waals surface area contributed by atoms with Crippen molar-refractivity contribution in [1.82, 2.24) is 9.38 Å². The predicted octanol–water partition coefficient (Wildman–Crippen LogP) is 7.10. The molecule has 2 aromatic carbocycles. The molecule has 0 N–H and O–H groups in total. The topological polar surface area (TPSA) is 21.2 Å². The first-order valence-corrected chi connectivity index (χ1v) is 12.1. The third kappa shape index (κ3) is 3.68. The summed E-state index contributed by atoms with van der Waals surface area (Å²) < 4.78 is 4.85. The van der Waals surface area contributed by atoms with Crippen LogP contribution in [0.25, 0.3) is 38.5 Å². The summed E-state index contributed by atoms with van der Waals surface area (Å²) in [5, 5.41) is 2.52. The van der Waals surface area contributed by atoms with E-state index in [1.165, 1.54) is 49.7 Å². The van der Waals surface area contributed by atoms with E-state index in [4.69, 9.17) is 4.98 Å². The van der Waals surface area contributed by atoms with Gasteiger partial charge in [-0.25, -0.2) is 4.57 Å². The van der Waals surface area contributed by atoms with Crippen molar-refractivity contribution in [2.24, 2.45) is 17.9 Å². The summed E-state index contributed by atoms with van der Waals surface area (Å²) in [6, 6.07) is 15.8. The Balaban J connectivity index is 2.08. The van der Waals surface area contributed by atoms with E-state index in [-0.39, 0.29) is 10.8 Å². The Hall–Kier alpha value is -2.94. The number of nitrogens with zero attached hydrogens (tertiary/aromatic N) is 3. The zero-order chi connectivity index (χ0) is 23.7. The van der Waals surface area contributed by atoms with E-state index in [0.29, 0.717) is 0 Å². The van der Waals surface area contributed by atoms with Gasteiger partial charge in [0.2, 0.25) is 0 Å². The Bertz CT molecular complexity index is 1540. The van der Waals surface area contributed by atoms with Crippen molar-refractivity contribution in [3.05, 3.63) is 65.4 Å². The van der Waals surface area contributed by atoms with Crippen molar-refractivity contribution >= 4 is 38.5 Å². The highest BCUT2D eigenvalue weighted by molar-refractivity contribution is 6.12. The molecule has 5 rings (SSSR count). The number of aromatic nitrogens is 3. The number of pyridine rings is 2. The summed E-state index contributed by atoms with van der Waals surface area (Å²) >= 11 is 0. The SMILES string of the molecule is Cc1ccnc2c3cc(CC(C)(C)C)cc(CC(C)(C)C)c3n3c4ccccc4[n+](C)c3c12. The molecule has 0 saturated carbocycles. The number of para-hydroxylation sites is 2. The summed E-state index contributed by atoms with van der Waals surface area (Å²) in [5.41, 5.74) is 10.6. The first-order chi connectivity index (χ1) is 15.4. The Kier molecular flexibility index (Phi) is 4.83. The molecule has 5 aromatic rings. The van der Waals surface area contributed by atoms with Gasteiger partial charge in [-0.3, -0.25) is 4.98 Å².